The predicted octanol–water partition coefficient (Wildman–Crippen LogP) is 3.15. The molecule has 3 rings (SSSR count). The molecule has 1 atom stereocenters. The van der Waals surface area contributed by atoms with Crippen LogP contribution in [0.1, 0.15) is 45.1 Å². The topological polar surface area (TPSA) is 113 Å². The number of carbonyl (C=O) groups is 1. The Morgan fingerprint density at radius 3 is 2.77 bits per heavy atom. The van der Waals surface area contributed by atoms with Crippen molar-refractivity contribution in [3.63, 3.8) is 0 Å². The average molecular weight is 357 g/mol. The van der Waals surface area contributed by atoms with E-state index < -0.39 is 12.1 Å². The molecule has 0 saturated carbocycles. The average Bonchev–Trinajstić information content (AvgIpc) is 3.14. The van der Waals surface area contributed by atoms with E-state index in [4.69, 9.17) is 0 Å². The molecule has 0 bridgehead atoms. The smallest absolute Gasteiger partial charge is 0.412 e. The quantitative estimate of drug-likeness (QED) is 0.741. The van der Waals surface area contributed by atoms with E-state index in [0.29, 0.717) is 18.1 Å². The summed E-state index contributed by atoms with van der Waals surface area (Å²) in [6.07, 6.45) is 0.616. The highest BCUT2D eigenvalue weighted by atomic mass is 16.4. The van der Waals surface area contributed by atoms with Gasteiger partial charge in [0.05, 0.1) is 17.8 Å². The molecule has 9 nitrogen and oxygen atoms in total. The van der Waals surface area contributed by atoms with Crippen LogP contribution in [0.2, 0.25) is 0 Å². The molecular weight excluding hydrogens is 334 g/mol. The van der Waals surface area contributed by atoms with E-state index in [2.05, 4.69) is 46.5 Å². The number of nitrogens with one attached hydrogen (secondary N) is 1. The maximum atomic E-state index is 12.0. The molecule has 3 aromatic rings. The normalized spacial score (nSPS) is 13.1. The second kappa shape index (κ2) is 6.40. The van der Waals surface area contributed by atoms with Crippen LogP contribution in [0.3, 0.4) is 0 Å². The summed E-state index contributed by atoms with van der Waals surface area (Å²) >= 11 is 0. The molecule has 0 aliphatic heterocycles. The van der Waals surface area contributed by atoms with Gasteiger partial charge in [0.15, 0.2) is 5.82 Å². The summed E-state index contributed by atoms with van der Waals surface area (Å²) in [4.78, 5) is 13.3. The number of aryl methyl sites for hydroxylation is 1. The highest BCUT2D eigenvalue weighted by Gasteiger charge is 2.29. The first kappa shape index (κ1) is 17.8. The fraction of sp³-hybridized carbons (Fsp3) is 0.471. The summed E-state index contributed by atoms with van der Waals surface area (Å²) in [5.74, 6) is 0.507. The van der Waals surface area contributed by atoms with Crippen molar-refractivity contribution in [1.29, 1.82) is 0 Å². The third-order valence-corrected chi connectivity index (χ3v) is 4.16. The van der Waals surface area contributed by atoms with Crippen molar-refractivity contribution < 1.29 is 9.90 Å². The molecular formula is C17H23N7O2. The Bertz CT molecular complexity index is 938. The van der Waals surface area contributed by atoms with Crippen molar-refractivity contribution in [2.45, 2.75) is 47.2 Å². The van der Waals surface area contributed by atoms with Crippen LogP contribution in [0.5, 0.6) is 0 Å². The molecule has 138 valence electrons. The van der Waals surface area contributed by atoms with E-state index in [1.54, 1.807) is 23.9 Å². The lowest BCUT2D eigenvalue weighted by atomic mass is 9.97. The summed E-state index contributed by atoms with van der Waals surface area (Å²) in [5, 5.41) is 29.5. The summed E-state index contributed by atoms with van der Waals surface area (Å²) in [6, 6.07) is 3.07. The molecule has 2 heterocycles. The zero-order valence-electron chi connectivity index (χ0n) is 15.6. The largest absolute Gasteiger partial charge is 0.465 e. The minimum absolute atomic E-state index is 0.0375. The number of carboxylic acid groups (broad SMARTS) is 1. The predicted molar refractivity (Wildman–Crippen MR) is 97.0 cm³/mol. The Morgan fingerprint density at radius 2 is 2.12 bits per heavy atom. The second-order valence-corrected chi connectivity index (χ2v) is 7.68. The zero-order valence-corrected chi connectivity index (χ0v) is 15.6. The molecule has 0 spiro atoms. The van der Waals surface area contributed by atoms with Crippen LogP contribution in [0.25, 0.3) is 10.9 Å². The summed E-state index contributed by atoms with van der Waals surface area (Å²) < 4.78 is 1.67. The number of H-pyrrole nitrogens is 1. The molecule has 26 heavy (non-hydrogen) atoms. The van der Waals surface area contributed by atoms with Gasteiger partial charge in [0.1, 0.15) is 0 Å². The second-order valence-electron chi connectivity index (χ2n) is 7.68. The number of aromatic amines is 1. The molecule has 1 aromatic carbocycles. The van der Waals surface area contributed by atoms with Gasteiger partial charge in [0, 0.05) is 17.6 Å². The Labute approximate surface area is 151 Å². The SMILES string of the molecule is Cc1cc(N(C(=O)O)C(C)c2nnnn2CC(C)(C)C)cc2cn[nH]c12. The molecule has 0 aliphatic carbocycles. The summed E-state index contributed by atoms with van der Waals surface area (Å²) in [5.41, 5.74) is 2.33. The number of hydrogen-bond acceptors (Lipinski definition) is 5. The van der Waals surface area contributed by atoms with E-state index in [0.717, 1.165) is 16.5 Å². The molecule has 9 heteroatoms. The van der Waals surface area contributed by atoms with E-state index in [1.165, 1.54) is 4.90 Å². The minimum atomic E-state index is -1.06. The van der Waals surface area contributed by atoms with Gasteiger partial charge in [-0.2, -0.15) is 5.10 Å². The lowest BCUT2D eigenvalue weighted by Crippen LogP contribution is -2.34. The van der Waals surface area contributed by atoms with Gasteiger partial charge in [0.2, 0.25) is 0 Å². The first-order valence-corrected chi connectivity index (χ1v) is 8.39. The van der Waals surface area contributed by atoms with Crippen LogP contribution in [0.4, 0.5) is 10.5 Å². The van der Waals surface area contributed by atoms with Gasteiger partial charge in [-0.25, -0.2) is 9.48 Å². The van der Waals surface area contributed by atoms with Gasteiger partial charge in [-0.3, -0.25) is 10.00 Å². The molecule has 1 amide bonds. The fourth-order valence-electron chi connectivity index (χ4n) is 3.04. The number of benzene rings is 1. The summed E-state index contributed by atoms with van der Waals surface area (Å²) in [6.45, 7) is 10.5. The zero-order chi connectivity index (χ0) is 19.1. The molecule has 2 aromatic heterocycles. The van der Waals surface area contributed by atoms with Crippen molar-refractivity contribution in [1.82, 2.24) is 30.4 Å². The number of anilines is 1. The van der Waals surface area contributed by atoms with Gasteiger partial charge in [-0.1, -0.05) is 20.8 Å². The fourth-order valence-corrected chi connectivity index (χ4v) is 3.04. The van der Waals surface area contributed by atoms with Crippen molar-refractivity contribution >= 4 is 22.7 Å². The van der Waals surface area contributed by atoms with Crippen LogP contribution in [-0.2, 0) is 6.54 Å². The van der Waals surface area contributed by atoms with Crippen molar-refractivity contribution in [3.05, 3.63) is 29.7 Å². The van der Waals surface area contributed by atoms with E-state index in [1.807, 2.05) is 13.0 Å². The highest BCUT2D eigenvalue weighted by Crippen LogP contribution is 2.31. The monoisotopic (exact) mass is 357 g/mol. The Hall–Kier alpha value is -2.97. The molecule has 0 aliphatic rings. The first-order valence-electron chi connectivity index (χ1n) is 8.39. The number of fused-ring (bicyclic) bond motifs is 1. The Kier molecular flexibility index (Phi) is 4.39. The third-order valence-electron chi connectivity index (χ3n) is 4.16. The van der Waals surface area contributed by atoms with E-state index in [-0.39, 0.29) is 5.41 Å². The van der Waals surface area contributed by atoms with Gasteiger partial charge in [-0.05, 0) is 47.4 Å². The number of aromatic nitrogens is 6. The van der Waals surface area contributed by atoms with E-state index >= 15 is 0 Å². The van der Waals surface area contributed by atoms with Crippen molar-refractivity contribution in [3.8, 4) is 0 Å². The molecule has 0 fully saturated rings. The van der Waals surface area contributed by atoms with E-state index in [9.17, 15) is 9.90 Å². The van der Waals surface area contributed by atoms with Crippen molar-refractivity contribution in [2.24, 2.45) is 5.41 Å². The number of rotatable bonds is 4. The molecule has 1 unspecified atom stereocenters. The van der Waals surface area contributed by atoms with Gasteiger partial charge < -0.3 is 5.11 Å². The van der Waals surface area contributed by atoms with Gasteiger partial charge >= 0.3 is 6.09 Å². The Balaban J connectivity index is 2.03. The lowest BCUT2D eigenvalue weighted by Gasteiger charge is -2.27. The number of nitrogens with zero attached hydrogens (tertiary/aromatic N) is 6. The Morgan fingerprint density at radius 1 is 1.38 bits per heavy atom. The third kappa shape index (κ3) is 3.37. The minimum Gasteiger partial charge on any atom is -0.465 e. The van der Waals surface area contributed by atoms with Crippen LogP contribution >= 0.6 is 0 Å². The number of hydrogen-bond donors (Lipinski definition) is 2. The van der Waals surface area contributed by atoms with Crippen LogP contribution in [0, 0.1) is 12.3 Å². The molecule has 2 N–H and O–H groups in total. The van der Waals surface area contributed by atoms with Crippen LogP contribution < -0.4 is 4.90 Å². The van der Waals surface area contributed by atoms with Crippen LogP contribution in [-0.4, -0.2) is 41.6 Å². The summed E-state index contributed by atoms with van der Waals surface area (Å²) in [7, 11) is 0. The van der Waals surface area contributed by atoms with Crippen molar-refractivity contribution in [2.75, 3.05) is 4.90 Å². The van der Waals surface area contributed by atoms with Gasteiger partial charge in [0.25, 0.3) is 0 Å². The number of amides is 1. The maximum Gasteiger partial charge on any atom is 0.412 e. The first-order chi connectivity index (χ1) is 12.2. The van der Waals surface area contributed by atoms with Crippen LogP contribution in [0.15, 0.2) is 18.3 Å². The standard InChI is InChI=1S/C17H23N7O2/c1-10-6-13(7-12-8-18-19-14(10)12)24(16(25)26)11(2)15-20-21-22-23(15)9-17(3,4)5/h6-8,11H,9H2,1-5H3,(H,18,19)(H,25,26). The van der Waals surface area contributed by atoms with Gasteiger partial charge in [-0.15, -0.1) is 5.10 Å². The lowest BCUT2D eigenvalue weighted by molar-refractivity contribution is 0.198. The maximum absolute atomic E-state index is 12.0. The highest BCUT2D eigenvalue weighted by molar-refractivity contribution is 5.92. The molecule has 0 radical (unpaired) electrons. The molecule has 0 saturated heterocycles. The number of tetrazole rings is 1.